The number of pyridine rings is 1. The van der Waals surface area contributed by atoms with E-state index in [1.54, 1.807) is 0 Å². The highest BCUT2D eigenvalue weighted by atomic mass is 32.2. The average Bonchev–Trinajstić information content (AvgIpc) is 2.97. The van der Waals surface area contributed by atoms with Gasteiger partial charge < -0.3 is 10.1 Å². The van der Waals surface area contributed by atoms with Gasteiger partial charge in [0.1, 0.15) is 11.1 Å². The standard InChI is InChI=1S/C16H21N3O2S/c1-10-7-11(2)19-16(14(10)8-17)22-12(3)15(20)18-9-13-5-4-6-21-13/h7,12-13H,4-6,9H2,1-3H3,(H,18,20). The molecule has 0 aromatic carbocycles. The lowest BCUT2D eigenvalue weighted by Crippen LogP contribution is -2.36. The van der Waals surface area contributed by atoms with Crippen LogP contribution in [0, 0.1) is 25.2 Å². The molecule has 1 saturated heterocycles. The molecule has 1 N–H and O–H groups in total. The van der Waals surface area contributed by atoms with Gasteiger partial charge in [-0.15, -0.1) is 0 Å². The summed E-state index contributed by atoms with van der Waals surface area (Å²) in [7, 11) is 0. The number of nitriles is 1. The third-order valence-corrected chi connectivity index (χ3v) is 4.70. The summed E-state index contributed by atoms with van der Waals surface area (Å²) in [5.41, 5.74) is 2.30. The molecular weight excluding hydrogens is 298 g/mol. The van der Waals surface area contributed by atoms with E-state index in [2.05, 4.69) is 16.4 Å². The van der Waals surface area contributed by atoms with E-state index in [0.717, 1.165) is 30.7 Å². The maximum atomic E-state index is 12.2. The fraction of sp³-hybridized carbons (Fsp3) is 0.562. The Morgan fingerprint density at radius 3 is 3.05 bits per heavy atom. The summed E-state index contributed by atoms with van der Waals surface area (Å²) >= 11 is 1.33. The van der Waals surface area contributed by atoms with Crippen molar-refractivity contribution in [2.45, 2.75) is 50.0 Å². The molecule has 1 aliphatic rings. The van der Waals surface area contributed by atoms with Crippen molar-refractivity contribution >= 4 is 17.7 Å². The van der Waals surface area contributed by atoms with Crippen LogP contribution >= 0.6 is 11.8 Å². The second-order valence-corrected chi connectivity index (χ2v) is 6.84. The van der Waals surface area contributed by atoms with Crippen LogP contribution < -0.4 is 5.32 Å². The predicted octanol–water partition coefficient (Wildman–Crippen LogP) is 2.35. The van der Waals surface area contributed by atoms with Crippen molar-refractivity contribution in [1.29, 1.82) is 5.26 Å². The highest BCUT2D eigenvalue weighted by Crippen LogP contribution is 2.27. The number of rotatable bonds is 5. The molecule has 1 aliphatic heterocycles. The molecule has 1 aromatic heterocycles. The summed E-state index contributed by atoms with van der Waals surface area (Å²) in [6.45, 7) is 6.94. The van der Waals surface area contributed by atoms with Gasteiger partial charge in [-0.1, -0.05) is 11.8 Å². The van der Waals surface area contributed by atoms with E-state index in [9.17, 15) is 10.1 Å². The number of amides is 1. The van der Waals surface area contributed by atoms with Crippen LogP contribution in [-0.4, -0.2) is 35.4 Å². The van der Waals surface area contributed by atoms with Gasteiger partial charge in [0, 0.05) is 18.8 Å². The quantitative estimate of drug-likeness (QED) is 0.843. The minimum atomic E-state index is -0.304. The number of carbonyl (C=O) groups excluding carboxylic acids is 1. The van der Waals surface area contributed by atoms with E-state index in [0.29, 0.717) is 17.1 Å². The molecule has 0 bridgehead atoms. The van der Waals surface area contributed by atoms with Crippen LogP contribution in [-0.2, 0) is 9.53 Å². The molecule has 1 amide bonds. The van der Waals surface area contributed by atoms with Crippen molar-refractivity contribution in [3.8, 4) is 6.07 Å². The molecule has 0 spiro atoms. The maximum absolute atomic E-state index is 12.2. The molecule has 5 nitrogen and oxygen atoms in total. The van der Waals surface area contributed by atoms with Gasteiger partial charge in [-0.05, 0) is 45.2 Å². The van der Waals surface area contributed by atoms with E-state index < -0.39 is 0 Å². The van der Waals surface area contributed by atoms with Crippen molar-refractivity contribution in [3.63, 3.8) is 0 Å². The number of hydrogen-bond acceptors (Lipinski definition) is 5. The lowest BCUT2D eigenvalue weighted by molar-refractivity contribution is -0.120. The Kier molecular flexibility index (Phi) is 5.81. The normalized spacial score (nSPS) is 18.7. The molecule has 0 radical (unpaired) electrons. The molecule has 22 heavy (non-hydrogen) atoms. The minimum absolute atomic E-state index is 0.0506. The van der Waals surface area contributed by atoms with E-state index in [-0.39, 0.29) is 17.3 Å². The zero-order valence-corrected chi connectivity index (χ0v) is 14.0. The molecular formula is C16H21N3O2S. The highest BCUT2D eigenvalue weighted by molar-refractivity contribution is 8.00. The van der Waals surface area contributed by atoms with Crippen molar-refractivity contribution in [2.75, 3.05) is 13.2 Å². The lowest BCUT2D eigenvalue weighted by atomic mass is 10.1. The number of thioether (sulfide) groups is 1. The summed E-state index contributed by atoms with van der Waals surface area (Å²) in [5.74, 6) is -0.0506. The van der Waals surface area contributed by atoms with Gasteiger partial charge in [0.15, 0.2) is 0 Å². The Labute approximate surface area is 135 Å². The van der Waals surface area contributed by atoms with E-state index >= 15 is 0 Å². The first-order valence-corrected chi connectivity index (χ1v) is 8.33. The fourth-order valence-electron chi connectivity index (χ4n) is 2.41. The summed E-state index contributed by atoms with van der Waals surface area (Å²) in [6.07, 6.45) is 2.19. The number of nitrogens with zero attached hydrogens (tertiary/aromatic N) is 2. The largest absolute Gasteiger partial charge is 0.376 e. The maximum Gasteiger partial charge on any atom is 0.233 e. The molecule has 2 heterocycles. The highest BCUT2D eigenvalue weighted by Gasteiger charge is 2.21. The molecule has 0 saturated carbocycles. The second kappa shape index (κ2) is 7.61. The number of nitrogens with one attached hydrogen (secondary N) is 1. The number of aromatic nitrogens is 1. The van der Waals surface area contributed by atoms with Crippen molar-refractivity contribution in [2.24, 2.45) is 0 Å². The average molecular weight is 319 g/mol. The zero-order chi connectivity index (χ0) is 16.1. The molecule has 0 aliphatic carbocycles. The van der Waals surface area contributed by atoms with Gasteiger partial charge in [-0.3, -0.25) is 4.79 Å². The van der Waals surface area contributed by atoms with Gasteiger partial charge in [0.2, 0.25) is 5.91 Å². The van der Waals surface area contributed by atoms with E-state index in [4.69, 9.17) is 4.74 Å². The van der Waals surface area contributed by atoms with Crippen LogP contribution in [0.1, 0.15) is 36.6 Å². The molecule has 2 unspecified atom stereocenters. The molecule has 118 valence electrons. The monoisotopic (exact) mass is 319 g/mol. The predicted molar refractivity (Wildman–Crippen MR) is 85.7 cm³/mol. The van der Waals surface area contributed by atoms with Crippen LogP contribution in [0.3, 0.4) is 0 Å². The van der Waals surface area contributed by atoms with Gasteiger partial charge >= 0.3 is 0 Å². The number of hydrogen-bond donors (Lipinski definition) is 1. The van der Waals surface area contributed by atoms with Crippen LogP contribution in [0.2, 0.25) is 0 Å². The Hall–Kier alpha value is -1.58. The first kappa shape index (κ1) is 16.8. The van der Waals surface area contributed by atoms with Gasteiger partial charge in [0.05, 0.1) is 16.9 Å². The van der Waals surface area contributed by atoms with Crippen LogP contribution in [0.5, 0.6) is 0 Å². The number of aryl methyl sites for hydroxylation is 2. The third kappa shape index (κ3) is 4.21. The van der Waals surface area contributed by atoms with Crippen molar-refractivity contribution in [1.82, 2.24) is 10.3 Å². The number of ether oxygens (including phenoxy) is 1. The first-order chi connectivity index (χ1) is 10.5. The summed E-state index contributed by atoms with van der Waals surface area (Å²) in [6, 6.07) is 4.06. The summed E-state index contributed by atoms with van der Waals surface area (Å²) < 4.78 is 5.49. The zero-order valence-electron chi connectivity index (χ0n) is 13.2. The summed E-state index contributed by atoms with van der Waals surface area (Å²) in [4.78, 5) is 16.6. The van der Waals surface area contributed by atoms with Gasteiger partial charge in [-0.25, -0.2) is 4.98 Å². The topological polar surface area (TPSA) is 75.0 Å². The molecule has 2 atom stereocenters. The van der Waals surface area contributed by atoms with E-state index in [1.807, 2.05) is 26.8 Å². The van der Waals surface area contributed by atoms with E-state index in [1.165, 1.54) is 11.8 Å². The molecule has 2 rings (SSSR count). The Morgan fingerprint density at radius 2 is 2.41 bits per heavy atom. The van der Waals surface area contributed by atoms with Gasteiger partial charge in [0.25, 0.3) is 0 Å². The van der Waals surface area contributed by atoms with Gasteiger partial charge in [-0.2, -0.15) is 5.26 Å². The fourth-order valence-corrected chi connectivity index (χ4v) is 3.45. The molecule has 1 aromatic rings. The molecule has 1 fully saturated rings. The van der Waals surface area contributed by atoms with Crippen LogP contribution in [0.25, 0.3) is 0 Å². The van der Waals surface area contributed by atoms with Crippen LogP contribution in [0.4, 0.5) is 0 Å². The smallest absolute Gasteiger partial charge is 0.233 e. The minimum Gasteiger partial charge on any atom is -0.376 e. The SMILES string of the molecule is Cc1cc(C)c(C#N)c(SC(C)C(=O)NCC2CCCO2)n1. The van der Waals surface area contributed by atoms with Crippen molar-refractivity contribution < 1.29 is 9.53 Å². The second-order valence-electron chi connectivity index (χ2n) is 5.51. The molecule has 6 heteroatoms. The number of carbonyl (C=O) groups is 1. The Balaban J connectivity index is 1.97. The Bertz CT molecular complexity index is 592. The van der Waals surface area contributed by atoms with Crippen LogP contribution in [0.15, 0.2) is 11.1 Å². The lowest BCUT2D eigenvalue weighted by Gasteiger charge is -2.15. The summed E-state index contributed by atoms with van der Waals surface area (Å²) in [5, 5.41) is 12.5. The Morgan fingerprint density at radius 1 is 1.64 bits per heavy atom. The van der Waals surface area contributed by atoms with Crippen molar-refractivity contribution in [3.05, 3.63) is 22.9 Å². The first-order valence-electron chi connectivity index (χ1n) is 7.45. The third-order valence-electron chi connectivity index (χ3n) is 3.61.